The zero-order valence-corrected chi connectivity index (χ0v) is 12.8. The molecular weight excluding hydrogens is 262 g/mol. The summed E-state index contributed by atoms with van der Waals surface area (Å²) in [6.45, 7) is 4.63. The Bertz CT molecular complexity index is 570. The fourth-order valence-corrected chi connectivity index (χ4v) is 2.27. The molecular formula is C17H23N3O. The monoisotopic (exact) mass is 285 g/mol. The molecule has 0 bridgehead atoms. The zero-order valence-electron chi connectivity index (χ0n) is 12.8. The summed E-state index contributed by atoms with van der Waals surface area (Å²) in [5.41, 5.74) is 8.63. The molecule has 0 atom stereocenters. The topological polar surface area (TPSA) is 61.0 Å². The van der Waals surface area contributed by atoms with Crippen molar-refractivity contribution < 1.29 is 4.74 Å². The summed E-state index contributed by atoms with van der Waals surface area (Å²) in [6.07, 6.45) is 4.33. The number of rotatable bonds is 7. The number of anilines is 1. The van der Waals surface area contributed by atoms with Crippen LogP contribution in [0, 0.1) is 6.92 Å². The average molecular weight is 285 g/mol. The second-order valence-corrected chi connectivity index (χ2v) is 5.17. The van der Waals surface area contributed by atoms with Gasteiger partial charge in [-0.25, -0.2) is 9.97 Å². The molecule has 1 aromatic carbocycles. The largest absolute Gasteiger partial charge is 0.485 e. The molecule has 0 saturated heterocycles. The van der Waals surface area contributed by atoms with Crippen molar-refractivity contribution in [2.75, 3.05) is 5.73 Å². The van der Waals surface area contributed by atoms with Crippen LogP contribution in [-0.4, -0.2) is 9.97 Å². The molecule has 4 nitrogen and oxygen atoms in total. The van der Waals surface area contributed by atoms with Crippen LogP contribution in [-0.2, 0) is 13.0 Å². The summed E-state index contributed by atoms with van der Waals surface area (Å²) >= 11 is 0. The first kappa shape index (κ1) is 15.3. The Morgan fingerprint density at radius 3 is 2.57 bits per heavy atom. The van der Waals surface area contributed by atoms with Gasteiger partial charge < -0.3 is 10.5 Å². The van der Waals surface area contributed by atoms with Gasteiger partial charge in [0.1, 0.15) is 6.61 Å². The fraction of sp³-hybridized carbons (Fsp3) is 0.412. The van der Waals surface area contributed by atoms with E-state index in [-0.39, 0.29) is 0 Å². The molecule has 2 aromatic rings. The van der Waals surface area contributed by atoms with E-state index in [1.54, 1.807) is 0 Å². The van der Waals surface area contributed by atoms with Crippen LogP contribution in [0.5, 0.6) is 5.75 Å². The number of aromatic nitrogens is 2. The maximum atomic E-state index is 5.96. The lowest BCUT2D eigenvalue weighted by molar-refractivity contribution is 0.297. The number of unbranched alkanes of at least 4 members (excludes halogenated alkanes) is 2. The molecule has 0 amide bonds. The Morgan fingerprint density at radius 2 is 1.86 bits per heavy atom. The van der Waals surface area contributed by atoms with Crippen molar-refractivity contribution in [2.45, 2.75) is 46.1 Å². The second kappa shape index (κ2) is 7.62. The lowest BCUT2D eigenvalue weighted by Crippen LogP contribution is -2.07. The molecule has 0 saturated carbocycles. The van der Waals surface area contributed by atoms with Crippen LogP contribution in [0.4, 0.5) is 5.95 Å². The number of nitrogens with zero attached hydrogens (tertiary/aromatic N) is 2. The lowest BCUT2D eigenvalue weighted by Gasteiger charge is -2.13. The zero-order chi connectivity index (χ0) is 15.1. The normalized spacial score (nSPS) is 10.6. The van der Waals surface area contributed by atoms with Gasteiger partial charge in [0.05, 0.1) is 11.4 Å². The molecule has 112 valence electrons. The quantitative estimate of drug-likeness (QED) is 0.788. The summed E-state index contributed by atoms with van der Waals surface area (Å²) in [5, 5.41) is 0. The van der Waals surface area contributed by atoms with E-state index >= 15 is 0 Å². The summed E-state index contributed by atoms with van der Waals surface area (Å²) < 4.78 is 5.96. The first-order valence-electron chi connectivity index (χ1n) is 7.50. The van der Waals surface area contributed by atoms with Crippen molar-refractivity contribution in [3.05, 3.63) is 47.3 Å². The summed E-state index contributed by atoms with van der Waals surface area (Å²) in [7, 11) is 0. The minimum Gasteiger partial charge on any atom is -0.485 e. The number of ether oxygens (including phenoxy) is 1. The molecule has 21 heavy (non-hydrogen) atoms. The van der Waals surface area contributed by atoms with Gasteiger partial charge in [0.2, 0.25) is 5.95 Å². The van der Waals surface area contributed by atoms with Crippen LogP contribution in [0.3, 0.4) is 0 Å². The summed E-state index contributed by atoms with van der Waals surface area (Å²) in [6, 6.07) is 10.1. The number of hydrogen-bond donors (Lipinski definition) is 1. The standard InChI is InChI=1S/C17H23N3O/c1-3-4-6-11-15-16(13(2)19-17(18)20-15)21-12-14-9-7-5-8-10-14/h5,7-10H,3-4,6,11-12H2,1-2H3,(H2,18,19,20). The Balaban J connectivity index is 2.12. The maximum Gasteiger partial charge on any atom is 0.220 e. The lowest BCUT2D eigenvalue weighted by atomic mass is 10.1. The molecule has 0 radical (unpaired) electrons. The molecule has 0 aliphatic rings. The molecule has 4 heteroatoms. The van der Waals surface area contributed by atoms with E-state index in [4.69, 9.17) is 10.5 Å². The average Bonchev–Trinajstić information content (AvgIpc) is 2.47. The van der Waals surface area contributed by atoms with E-state index in [1.807, 2.05) is 37.3 Å². The van der Waals surface area contributed by atoms with E-state index in [2.05, 4.69) is 16.9 Å². The van der Waals surface area contributed by atoms with Crippen LogP contribution < -0.4 is 10.5 Å². The van der Waals surface area contributed by atoms with Crippen LogP contribution >= 0.6 is 0 Å². The third kappa shape index (κ3) is 4.45. The van der Waals surface area contributed by atoms with Crippen LogP contribution in [0.15, 0.2) is 30.3 Å². The van der Waals surface area contributed by atoms with E-state index in [9.17, 15) is 0 Å². The SMILES string of the molecule is CCCCCc1nc(N)nc(C)c1OCc1ccccc1. The van der Waals surface area contributed by atoms with E-state index in [1.165, 1.54) is 12.8 Å². The van der Waals surface area contributed by atoms with Gasteiger partial charge in [-0.05, 0) is 25.3 Å². The Morgan fingerprint density at radius 1 is 1.10 bits per heavy atom. The highest BCUT2D eigenvalue weighted by molar-refractivity contribution is 5.37. The first-order chi connectivity index (χ1) is 10.2. The Hall–Kier alpha value is -2.10. The predicted molar refractivity (Wildman–Crippen MR) is 85.2 cm³/mol. The molecule has 0 aliphatic heterocycles. The van der Waals surface area contributed by atoms with Gasteiger partial charge in [0.25, 0.3) is 0 Å². The van der Waals surface area contributed by atoms with Crippen LogP contribution in [0.2, 0.25) is 0 Å². The van der Waals surface area contributed by atoms with Gasteiger partial charge in [-0.3, -0.25) is 0 Å². The van der Waals surface area contributed by atoms with E-state index in [0.717, 1.165) is 35.5 Å². The molecule has 2 N–H and O–H groups in total. The Kier molecular flexibility index (Phi) is 5.55. The minimum atomic E-state index is 0.325. The van der Waals surface area contributed by atoms with Crippen LogP contribution in [0.1, 0.15) is 43.1 Å². The first-order valence-corrected chi connectivity index (χ1v) is 7.50. The number of nitrogens with two attached hydrogens (primary N) is 1. The van der Waals surface area contributed by atoms with Gasteiger partial charge in [-0.15, -0.1) is 0 Å². The highest BCUT2D eigenvalue weighted by atomic mass is 16.5. The molecule has 1 aromatic heterocycles. The van der Waals surface area contributed by atoms with Crippen molar-refractivity contribution >= 4 is 5.95 Å². The maximum absolute atomic E-state index is 5.96. The third-order valence-electron chi connectivity index (χ3n) is 3.37. The van der Waals surface area contributed by atoms with Crippen LogP contribution in [0.25, 0.3) is 0 Å². The van der Waals surface area contributed by atoms with Crippen molar-refractivity contribution in [3.8, 4) is 5.75 Å². The molecule has 0 spiro atoms. The third-order valence-corrected chi connectivity index (χ3v) is 3.37. The number of nitrogen functional groups attached to an aromatic ring is 1. The Labute approximate surface area is 126 Å². The minimum absolute atomic E-state index is 0.325. The van der Waals surface area contributed by atoms with E-state index < -0.39 is 0 Å². The molecule has 2 rings (SSSR count). The van der Waals surface area contributed by atoms with E-state index in [0.29, 0.717) is 12.6 Å². The van der Waals surface area contributed by atoms with Gasteiger partial charge in [0.15, 0.2) is 5.75 Å². The fourth-order valence-electron chi connectivity index (χ4n) is 2.27. The highest BCUT2D eigenvalue weighted by Gasteiger charge is 2.12. The number of hydrogen-bond acceptors (Lipinski definition) is 4. The predicted octanol–water partition coefficient (Wildman–Crippen LogP) is 3.68. The highest BCUT2D eigenvalue weighted by Crippen LogP contribution is 2.24. The van der Waals surface area contributed by atoms with Gasteiger partial charge in [0, 0.05) is 0 Å². The molecule has 1 heterocycles. The molecule has 0 unspecified atom stereocenters. The number of aryl methyl sites for hydroxylation is 2. The van der Waals surface area contributed by atoms with Crippen molar-refractivity contribution in [2.24, 2.45) is 0 Å². The summed E-state index contributed by atoms with van der Waals surface area (Å²) in [5.74, 6) is 1.11. The number of benzene rings is 1. The molecule has 0 aliphatic carbocycles. The van der Waals surface area contributed by atoms with Gasteiger partial charge in [-0.1, -0.05) is 50.1 Å². The molecule has 0 fully saturated rings. The van der Waals surface area contributed by atoms with Gasteiger partial charge in [-0.2, -0.15) is 0 Å². The summed E-state index contributed by atoms with van der Waals surface area (Å²) in [4.78, 5) is 8.58. The van der Waals surface area contributed by atoms with Crippen molar-refractivity contribution in [1.29, 1.82) is 0 Å². The van der Waals surface area contributed by atoms with Crippen molar-refractivity contribution in [3.63, 3.8) is 0 Å². The smallest absolute Gasteiger partial charge is 0.220 e. The van der Waals surface area contributed by atoms with Crippen molar-refractivity contribution in [1.82, 2.24) is 9.97 Å². The van der Waals surface area contributed by atoms with Gasteiger partial charge >= 0.3 is 0 Å². The second-order valence-electron chi connectivity index (χ2n) is 5.17.